The van der Waals surface area contributed by atoms with Gasteiger partial charge in [-0.2, -0.15) is 5.10 Å². The summed E-state index contributed by atoms with van der Waals surface area (Å²) in [5.41, 5.74) is 0.676. The molecule has 12 nitrogen and oxygen atoms in total. The summed E-state index contributed by atoms with van der Waals surface area (Å²) in [5, 5.41) is 19.3. The molecule has 2 aromatic rings. The third-order valence-corrected chi connectivity index (χ3v) is 4.33. The molecule has 0 saturated carbocycles. The number of hydrogen-bond acceptors (Lipinski definition) is 8. The smallest absolute Gasteiger partial charge is 0.290 e. The van der Waals surface area contributed by atoms with Gasteiger partial charge in [0, 0.05) is 13.0 Å². The Labute approximate surface area is 178 Å². The number of aryl methyl sites for hydroxylation is 1. The standard InChI is InChI=1S/C18H23N5O5.CH2O2/c1-10-20-14(23-22-10)6-7-19-18(25)17-16(21-15(24)9-28-17)11-4-5-12(26-2)13(8-11)27-3;2-1-3/h4-5,8,16-17H,6-7,9H2,1-3H3,(H,19,25)(H,21,24)(H,20,22,23);1H,(H,2,3)/t16-,17+;/m1./s1. The molecule has 0 spiro atoms. The van der Waals surface area contributed by atoms with Gasteiger partial charge in [-0.25, -0.2) is 4.98 Å². The topological polar surface area (TPSA) is 165 Å². The predicted octanol–water partition coefficient (Wildman–Crippen LogP) is -0.254. The summed E-state index contributed by atoms with van der Waals surface area (Å²) in [6.07, 6.45) is -0.388. The predicted molar refractivity (Wildman–Crippen MR) is 107 cm³/mol. The van der Waals surface area contributed by atoms with E-state index in [1.165, 1.54) is 14.2 Å². The minimum absolute atomic E-state index is 0.179. The summed E-state index contributed by atoms with van der Waals surface area (Å²) in [4.78, 5) is 37.1. The quantitative estimate of drug-likeness (QED) is 0.429. The van der Waals surface area contributed by atoms with E-state index in [2.05, 4.69) is 25.8 Å². The van der Waals surface area contributed by atoms with Crippen LogP contribution in [0.3, 0.4) is 0 Å². The highest BCUT2D eigenvalue weighted by Gasteiger charge is 2.36. The lowest BCUT2D eigenvalue weighted by molar-refractivity contribution is -0.148. The second-order valence-corrected chi connectivity index (χ2v) is 6.37. The first-order valence-corrected chi connectivity index (χ1v) is 9.29. The molecule has 1 aromatic heterocycles. The molecule has 2 heterocycles. The van der Waals surface area contributed by atoms with E-state index in [9.17, 15) is 9.59 Å². The Balaban J connectivity index is 0.00000107. The van der Waals surface area contributed by atoms with Crippen molar-refractivity contribution in [2.75, 3.05) is 27.4 Å². The van der Waals surface area contributed by atoms with Gasteiger partial charge < -0.3 is 30.0 Å². The zero-order chi connectivity index (χ0) is 22.8. The maximum absolute atomic E-state index is 12.7. The summed E-state index contributed by atoms with van der Waals surface area (Å²) in [7, 11) is 3.06. The minimum Gasteiger partial charge on any atom is -0.493 e. The summed E-state index contributed by atoms with van der Waals surface area (Å²) in [6, 6.07) is 4.55. The van der Waals surface area contributed by atoms with Crippen LogP contribution >= 0.6 is 0 Å². The molecule has 12 heteroatoms. The van der Waals surface area contributed by atoms with Crippen LogP contribution in [0.25, 0.3) is 0 Å². The molecule has 4 N–H and O–H groups in total. The van der Waals surface area contributed by atoms with Gasteiger partial charge in [0.05, 0.1) is 20.3 Å². The van der Waals surface area contributed by atoms with Gasteiger partial charge in [-0.05, 0) is 24.6 Å². The number of nitrogens with one attached hydrogen (secondary N) is 3. The third kappa shape index (κ3) is 6.40. The number of ether oxygens (including phenoxy) is 3. The molecule has 1 fully saturated rings. The van der Waals surface area contributed by atoms with Crippen molar-refractivity contribution in [2.24, 2.45) is 0 Å². The fourth-order valence-corrected chi connectivity index (χ4v) is 2.98. The van der Waals surface area contributed by atoms with Crippen molar-refractivity contribution in [2.45, 2.75) is 25.5 Å². The molecule has 1 aliphatic heterocycles. The Morgan fingerprint density at radius 3 is 2.68 bits per heavy atom. The molecule has 3 rings (SSSR count). The number of H-pyrrole nitrogens is 1. The first kappa shape index (κ1) is 23.6. The van der Waals surface area contributed by atoms with E-state index in [1.807, 2.05) is 0 Å². The molecule has 1 aliphatic rings. The molecule has 0 bridgehead atoms. The molecule has 1 saturated heterocycles. The summed E-state index contributed by atoms with van der Waals surface area (Å²) >= 11 is 0. The van der Waals surface area contributed by atoms with Crippen molar-refractivity contribution in [1.29, 1.82) is 0 Å². The maximum atomic E-state index is 12.7. The number of benzene rings is 1. The van der Waals surface area contributed by atoms with E-state index in [-0.39, 0.29) is 24.9 Å². The van der Waals surface area contributed by atoms with Gasteiger partial charge in [0.1, 0.15) is 12.4 Å². The number of hydrogen-bond donors (Lipinski definition) is 4. The fraction of sp³-hybridized carbons (Fsp3) is 0.421. The number of amides is 2. The maximum Gasteiger partial charge on any atom is 0.290 e. The number of carbonyl (C=O) groups is 3. The van der Waals surface area contributed by atoms with E-state index in [0.29, 0.717) is 41.7 Å². The van der Waals surface area contributed by atoms with Gasteiger partial charge >= 0.3 is 0 Å². The molecule has 0 radical (unpaired) electrons. The summed E-state index contributed by atoms with van der Waals surface area (Å²) in [6.45, 7) is 1.73. The van der Waals surface area contributed by atoms with Crippen LogP contribution in [-0.4, -0.2) is 72.0 Å². The number of nitrogens with zero attached hydrogens (tertiary/aromatic N) is 2. The highest BCUT2D eigenvalue weighted by molar-refractivity contribution is 5.86. The van der Waals surface area contributed by atoms with Gasteiger partial charge in [-0.15, -0.1) is 0 Å². The normalized spacial score (nSPS) is 17.6. The molecule has 2 atom stereocenters. The molecule has 1 aromatic carbocycles. The van der Waals surface area contributed by atoms with E-state index >= 15 is 0 Å². The number of morpholine rings is 1. The monoisotopic (exact) mass is 435 g/mol. The van der Waals surface area contributed by atoms with Crippen LogP contribution in [0.5, 0.6) is 11.5 Å². The van der Waals surface area contributed by atoms with Crippen LogP contribution in [0.2, 0.25) is 0 Å². The lowest BCUT2D eigenvalue weighted by atomic mass is 9.98. The van der Waals surface area contributed by atoms with Crippen LogP contribution in [0.15, 0.2) is 18.2 Å². The molecular weight excluding hydrogens is 410 g/mol. The minimum atomic E-state index is -0.871. The van der Waals surface area contributed by atoms with Gasteiger partial charge in [-0.1, -0.05) is 6.07 Å². The van der Waals surface area contributed by atoms with Crippen LogP contribution in [0.1, 0.15) is 23.3 Å². The average molecular weight is 435 g/mol. The average Bonchev–Trinajstić information content (AvgIpc) is 3.18. The second kappa shape index (κ2) is 11.5. The third-order valence-electron chi connectivity index (χ3n) is 4.33. The van der Waals surface area contributed by atoms with Crippen molar-refractivity contribution >= 4 is 18.3 Å². The molecular formula is C19H25N5O7. The Kier molecular flexibility index (Phi) is 8.76. The highest BCUT2D eigenvalue weighted by atomic mass is 16.5. The first-order valence-electron chi connectivity index (χ1n) is 9.29. The lowest BCUT2D eigenvalue weighted by Gasteiger charge is -2.32. The van der Waals surface area contributed by atoms with Gasteiger partial charge in [0.15, 0.2) is 23.4 Å². The van der Waals surface area contributed by atoms with Crippen LogP contribution < -0.4 is 20.1 Å². The van der Waals surface area contributed by atoms with Crippen molar-refractivity contribution < 1.29 is 33.7 Å². The second-order valence-electron chi connectivity index (χ2n) is 6.37. The summed E-state index contributed by atoms with van der Waals surface area (Å²) < 4.78 is 16.1. The Bertz CT molecular complexity index is 902. The van der Waals surface area contributed by atoms with Crippen molar-refractivity contribution in [1.82, 2.24) is 25.8 Å². The van der Waals surface area contributed by atoms with Crippen molar-refractivity contribution in [3.63, 3.8) is 0 Å². The van der Waals surface area contributed by atoms with E-state index in [0.717, 1.165) is 0 Å². The van der Waals surface area contributed by atoms with E-state index in [4.69, 9.17) is 24.1 Å². The zero-order valence-electron chi connectivity index (χ0n) is 17.4. The highest BCUT2D eigenvalue weighted by Crippen LogP contribution is 2.32. The number of rotatable bonds is 7. The Morgan fingerprint density at radius 1 is 1.35 bits per heavy atom. The number of aromatic nitrogens is 3. The summed E-state index contributed by atoms with van der Waals surface area (Å²) in [5.74, 6) is 1.77. The van der Waals surface area contributed by atoms with Crippen LogP contribution in [0, 0.1) is 6.92 Å². The number of carbonyl (C=O) groups excluding carboxylic acids is 2. The Hall–Kier alpha value is -3.67. The first-order chi connectivity index (χ1) is 14.9. The Morgan fingerprint density at radius 2 is 2.06 bits per heavy atom. The molecule has 0 aliphatic carbocycles. The van der Waals surface area contributed by atoms with Crippen LogP contribution in [-0.2, 0) is 25.5 Å². The SMILES string of the molecule is COc1ccc([C@H]2NC(=O)CO[C@@H]2C(=O)NCCc2n[nH]c(C)n2)cc1OC.O=CO. The molecule has 168 valence electrons. The van der Waals surface area contributed by atoms with E-state index in [1.54, 1.807) is 25.1 Å². The fourth-order valence-electron chi connectivity index (χ4n) is 2.98. The largest absolute Gasteiger partial charge is 0.493 e. The molecule has 2 amide bonds. The van der Waals surface area contributed by atoms with Gasteiger partial charge in [0.2, 0.25) is 5.91 Å². The molecule has 31 heavy (non-hydrogen) atoms. The van der Waals surface area contributed by atoms with Crippen molar-refractivity contribution in [3.8, 4) is 11.5 Å². The zero-order valence-corrected chi connectivity index (χ0v) is 17.4. The number of carboxylic acid groups (broad SMARTS) is 1. The van der Waals surface area contributed by atoms with Gasteiger partial charge in [0.25, 0.3) is 12.4 Å². The van der Waals surface area contributed by atoms with Gasteiger partial charge in [-0.3, -0.25) is 19.5 Å². The van der Waals surface area contributed by atoms with Crippen LogP contribution in [0.4, 0.5) is 0 Å². The molecule has 0 unspecified atom stereocenters. The number of aromatic amines is 1. The number of methoxy groups -OCH3 is 2. The lowest BCUT2D eigenvalue weighted by Crippen LogP contribution is -2.52. The van der Waals surface area contributed by atoms with E-state index < -0.39 is 12.1 Å². The van der Waals surface area contributed by atoms with Crippen molar-refractivity contribution in [3.05, 3.63) is 35.4 Å².